The van der Waals surface area contributed by atoms with E-state index in [9.17, 15) is 0 Å². The average Bonchev–Trinajstić information content (AvgIpc) is 3.07. The van der Waals surface area contributed by atoms with Crippen LogP contribution < -0.4 is 8.45 Å². The molecule has 0 fully saturated rings. The summed E-state index contributed by atoms with van der Waals surface area (Å²) in [6.07, 6.45) is 7.95. The van der Waals surface area contributed by atoms with Crippen molar-refractivity contribution in [1.29, 1.82) is 0 Å². The van der Waals surface area contributed by atoms with Gasteiger partial charge in [-0.25, -0.2) is 0 Å². The van der Waals surface area contributed by atoms with Crippen LogP contribution >= 0.6 is 0 Å². The first-order valence-electron chi connectivity index (χ1n) is 12.2. The van der Waals surface area contributed by atoms with Crippen molar-refractivity contribution < 1.29 is 9.47 Å². The van der Waals surface area contributed by atoms with Gasteiger partial charge in [-0.1, -0.05) is 0 Å². The third-order valence-corrected chi connectivity index (χ3v) is 22.4. The summed E-state index contributed by atoms with van der Waals surface area (Å²) in [7, 11) is 3.89. The molecule has 5 heteroatoms. The average molecular weight is 535 g/mol. The zero-order valence-electron chi connectivity index (χ0n) is 20.8. The third kappa shape index (κ3) is 7.24. The van der Waals surface area contributed by atoms with E-state index in [0.29, 0.717) is 13.2 Å². The van der Waals surface area contributed by atoms with Gasteiger partial charge in [0.2, 0.25) is 0 Å². The molecule has 0 saturated carbocycles. The molecule has 1 aromatic carbocycles. The normalized spacial score (nSPS) is 11.8. The summed E-state index contributed by atoms with van der Waals surface area (Å²) in [4.78, 5) is 0. The van der Waals surface area contributed by atoms with Crippen LogP contribution in [0, 0.1) is 6.92 Å². The molecule has 0 amide bonds. The Kier molecular flexibility index (Phi) is 11.4. The van der Waals surface area contributed by atoms with Crippen LogP contribution in [0.1, 0.15) is 76.1 Å². The Bertz CT molecular complexity index is 749. The van der Waals surface area contributed by atoms with Crippen LogP contribution in [-0.2, 0) is 25.0 Å². The number of benzene rings is 1. The Morgan fingerprint density at radius 1 is 0.871 bits per heavy atom. The molecular formula is C26H44N2O2Sn. The van der Waals surface area contributed by atoms with E-state index in [1.807, 2.05) is 12.1 Å². The number of ether oxygens (including phenoxy) is 2. The second-order valence-electron chi connectivity index (χ2n) is 8.97. The quantitative estimate of drug-likeness (QED) is 0.244. The zero-order chi connectivity index (χ0) is 22.7. The Morgan fingerprint density at radius 2 is 1.42 bits per heavy atom. The molecule has 31 heavy (non-hydrogen) atoms. The van der Waals surface area contributed by atoms with Gasteiger partial charge in [0, 0.05) is 0 Å². The molecule has 0 aliphatic carbocycles. The van der Waals surface area contributed by atoms with E-state index in [4.69, 9.17) is 14.6 Å². The molecule has 4 nitrogen and oxygen atoms in total. The van der Waals surface area contributed by atoms with Crippen LogP contribution in [-0.4, -0.2) is 35.3 Å². The van der Waals surface area contributed by atoms with Crippen molar-refractivity contribution in [2.75, 3.05) is 7.11 Å². The van der Waals surface area contributed by atoms with E-state index in [-0.39, 0.29) is 0 Å². The summed E-state index contributed by atoms with van der Waals surface area (Å²) in [5.74, 6) is 0.885. The molecule has 0 aliphatic rings. The minimum atomic E-state index is -2.59. The topological polar surface area (TPSA) is 36.3 Å². The number of rotatable bonds is 15. The second-order valence-corrected chi connectivity index (χ2v) is 21.9. The van der Waals surface area contributed by atoms with Gasteiger partial charge in [0.05, 0.1) is 0 Å². The van der Waals surface area contributed by atoms with Crippen molar-refractivity contribution in [3.05, 3.63) is 41.1 Å². The fourth-order valence-electron chi connectivity index (χ4n) is 4.81. The molecule has 0 aliphatic heterocycles. The molecule has 174 valence electrons. The molecule has 0 radical (unpaired) electrons. The first kappa shape index (κ1) is 26.2. The molecule has 0 bridgehead atoms. The number of hydrogen-bond donors (Lipinski definition) is 0. The fraction of sp³-hybridized carbons (Fsp3) is 0.654. The van der Waals surface area contributed by atoms with Gasteiger partial charge in [-0.3, -0.25) is 0 Å². The fourth-order valence-corrected chi connectivity index (χ4v) is 22.4. The number of unbranched alkanes of at least 4 members (excludes halogenated alkanes) is 3. The number of methoxy groups -OCH3 is 1. The van der Waals surface area contributed by atoms with Gasteiger partial charge in [-0.05, 0) is 0 Å². The molecule has 0 spiro atoms. The number of aromatic nitrogens is 2. The number of hydrogen-bond acceptors (Lipinski definition) is 3. The van der Waals surface area contributed by atoms with Crippen LogP contribution in [0.25, 0.3) is 0 Å². The summed E-state index contributed by atoms with van der Waals surface area (Å²) in [6, 6.07) is 8.18. The van der Waals surface area contributed by atoms with Crippen molar-refractivity contribution in [1.82, 2.24) is 9.78 Å². The van der Waals surface area contributed by atoms with E-state index in [0.717, 1.165) is 11.4 Å². The molecular weight excluding hydrogens is 491 g/mol. The van der Waals surface area contributed by atoms with Gasteiger partial charge in [-0.15, -0.1) is 0 Å². The van der Waals surface area contributed by atoms with Gasteiger partial charge in [0.25, 0.3) is 0 Å². The minimum absolute atomic E-state index is 0.624. The third-order valence-electron chi connectivity index (χ3n) is 6.55. The Labute approximate surface area is 194 Å². The zero-order valence-corrected chi connectivity index (χ0v) is 23.7. The van der Waals surface area contributed by atoms with Crippen molar-refractivity contribution in [2.24, 2.45) is 7.05 Å². The summed E-state index contributed by atoms with van der Waals surface area (Å²) in [5, 5.41) is 4.92. The van der Waals surface area contributed by atoms with E-state index in [1.54, 1.807) is 10.8 Å². The molecule has 0 unspecified atom stereocenters. The van der Waals surface area contributed by atoms with Crippen LogP contribution in [0.5, 0.6) is 5.75 Å². The predicted octanol–water partition coefficient (Wildman–Crippen LogP) is 6.51. The van der Waals surface area contributed by atoms with Crippen LogP contribution in [0.4, 0.5) is 0 Å². The van der Waals surface area contributed by atoms with E-state index in [2.05, 4.69) is 51.6 Å². The Balaban J connectivity index is 2.28. The standard InChI is InChI=1S/C14H17N2O2.3C4H9.Sn/c1-11-13(8-16(2)15-11)10-18-9-12-4-6-14(17-3)7-5-12;3*1-3-4-2;/h4-7H,9-10H2,1-3H3;3*1,3-4H2,2H3;. The maximum absolute atomic E-state index is 6.26. The molecule has 2 aromatic rings. The molecule has 2 rings (SSSR count). The van der Waals surface area contributed by atoms with Crippen LogP contribution in [0.15, 0.2) is 24.3 Å². The van der Waals surface area contributed by atoms with Crippen molar-refractivity contribution in [2.45, 2.75) is 92.7 Å². The van der Waals surface area contributed by atoms with E-state index >= 15 is 0 Å². The monoisotopic (exact) mass is 536 g/mol. The predicted molar refractivity (Wildman–Crippen MR) is 134 cm³/mol. The second kappa shape index (κ2) is 13.5. The molecule has 0 saturated heterocycles. The Morgan fingerprint density at radius 3 is 1.90 bits per heavy atom. The molecule has 1 heterocycles. The summed E-state index contributed by atoms with van der Waals surface area (Å²) >= 11 is -2.59. The van der Waals surface area contributed by atoms with Crippen LogP contribution in [0.3, 0.4) is 0 Å². The van der Waals surface area contributed by atoms with Gasteiger partial charge < -0.3 is 0 Å². The summed E-state index contributed by atoms with van der Waals surface area (Å²) < 4.78 is 19.8. The molecule has 1 aromatic heterocycles. The van der Waals surface area contributed by atoms with Gasteiger partial charge >= 0.3 is 195 Å². The maximum atomic E-state index is 6.26. The number of aryl methyl sites for hydroxylation is 2. The van der Waals surface area contributed by atoms with Crippen molar-refractivity contribution in [3.8, 4) is 5.75 Å². The molecule has 0 atom stereocenters. The van der Waals surface area contributed by atoms with E-state index in [1.165, 1.54) is 63.0 Å². The van der Waals surface area contributed by atoms with Crippen molar-refractivity contribution >= 4 is 22.1 Å². The summed E-state index contributed by atoms with van der Waals surface area (Å²) in [5.41, 5.74) is 3.74. The van der Waals surface area contributed by atoms with Crippen LogP contribution in [0.2, 0.25) is 13.3 Å². The van der Waals surface area contributed by atoms with Gasteiger partial charge in [0.15, 0.2) is 0 Å². The first-order chi connectivity index (χ1) is 15.0. The van der Waals surface area contributed by atoms with Gasteiger partial charge in [0.1, 0.15) is 0 Å². The first-order valence-corrected chi connectivity index (χ1v) is 19.7. The SMILES string of the molecule is CCC[CH2][Sn]([CH2]CCC)([CH2]CCC)[c]1c(COCc2ccc(OC)cc2)c(C)nn1C. The Hall–Kier alpha value is -1.01. The van der Waals surface area contributed by atoms with E-state index < -0.39 is 18.4 Å². The van der Waals surface area contributed by atoms with Gasteiger partial charge in [-0.2, -0.15) is 0 Å². The number of nitrogens with zero attached hydrogens (tertiary/aromatic N) is 2. The summed E-state index contributed by atoms with van der Waals surface area (Å²) in [6.45, 7) is 10.5. The molecule has 0 N–H and O–H groups in total. The van der Waals surface area contributed by atoms with Crippen molar-refractivity contribution in [3.63, 3.8) is 0 Å².